The van der Waals surface area contributed by atoms with Gasteiger partial charge >= 0.3 is 7.82 Å². The van der Waals surface area contributed by atoms with Gasteiger partial charge in [0.05, 0.1) is 6.61 Å². The first-order valence-corrected chi connectivity index (χ1v) is 8.69. The number of phosphoric ester groups is 1. The molecule has 10 heteroatoms. The second-order valence-electron chi connectivity index (χ2n) is 5.13. The summed E-state index contributed by atoms with van der Waals surface area (Å²) in [6.07, 6.45) is -3.15. The number of ketones is 1. The Bertz CT molecular complexity index is 408. The van der Waals surface area contributed by atoms with E-state index in [0.717, 1.165) is 19.3 Å². The van der Waals surface area contributed by atoms with Crippen LogP contribution in [-0.4, -0.2) is 67.0 Å². The van der Waals surface area contributed by atoms with Gasteiger partial charge in [0.2, 0.25) is 0 Å². The van der Waals surface area contributed by atoms with Crippen LogP contribution in [0.1, 0.15) is 32.1 Å². The summed E-state index contributed by atoms with van der Waals surface area (Å²) in [5.41, 5.74) is 0. The lowest BCUT2D eigenvalue weighted by molar-refractivity contribution is -0.146. The number of unbranched alkanes of at least 4 members (excludes halogenated alkanes) is 3. The number of hydrogen-bond donors (Lipinski definition) is 6. The first-order valence-electron chi connectivity index (χ1n) is 7.16. The number of allylic oxidation sites excluding steroid dienone is 1. The van der Waals surface area contributed by atoms with Crippen molar-refractivity contribution in [2.24, 2.45) is 0 Å². The van der Waals surface area contributed by atoms with E-state index in [4.69, 9.17) is 9.79 Å². The molecule has 0 aromatic carbocycles. The van der Waals surface area contributed by atoms with Crippen LogP contribution in [0.4, 0.5) is 0 Å². The van der Waals surface area contributed by atoms with Crippen LogP contribution < -0.4 is 0 Å². The lowest BCUT2D eigenvalue weighted by Gasteiger charge is -2.25. The molecule has 0 saturated carbocycles. The lowest BCUT2D eigenvalue weighted by atomic mass is 9.97. The first-order chi connectivity index (χ1) is 10.6. The molecule has 0 aromatic rings. The Balaban J connectivity index is 4.28. The third-order valence-corrected chi connectivity index (χ3v) is 3.63. The molecule has 0 aliphatic heterocycles. The first kappa shape index (κ1) is 22.4. The number of Topliss-reactive ketones (excluding diaryl/α,β-unsaturated/α-hetero) is 1. The molecule has 0 aliphatic rings. The highest BCUT2D eigenvalue weighted by Gasteiger charge is 2.34. The minimum Gasteiger partial charge on any atom is -0.388 e. The van der Waals surface area contributed by atoms with E-state index in [1.807, 2.05) is 0 Å². The molecule has 0 unspecified atom stereocenters. The maximum absolute atomic E-state index is 11.7. The van der Waals surface area contributed by atoms with Crippen LogP contribution >= 0.6 is 7.82 Å². The van der Waals surface area contributed by atoms with E-state index >= 15 is 0 Å². The summed E-state index contributed by atoms with van der Waals surface area (Å²) in [7, 11) is -4.85. The van der Waals surface area contributed by atoms with E-state index in [1.165, 1.54) is 0 Å². The second-order valence-corrected chi connectivity index (χ2v) is 6.37. The fourth-order valence-electron chi connectivity index (χ4n) is 1.79. The molecular formula is C13H25O9P. The second kappa shape index (κ2) is 11.0. The van der Waals surface area contributed by atoms with E-state index in [2.05, 4.69) is 11.1 Å². The quantitative estimate of drug-likeness (QED) is 0.141. The van der Waals surface area contributed by atoms with Crippen molar-refractivity contribution >= 4 is 13.6 Å². The van der Waals surface area contributed by atoms with Gasteiger partial charge in [-0.25, -0.2) is 4.57 Å². The van der Waals surface area contributed by atoms with Crippen molar-refractivity contribution in [1.29, 1.82) is 0 Å². The zero-order valence-electron chi connectivity index (χ0n) is 12.7. The van der Waals surface area contributed by atoms with Crippen LogP contribution in [0, 0.1) is 0 Å². The number of phosphoric acid groups is 1. The highest BCUT2D eigenvalue weighted by molar-refractivity contribution is 7.46. The van der Waals surface area contributed by atoms with Crippen LogP contribution in [0.2, 0.25) is 0 Å². The van der Waals surface area contributed by atoms with Gasteiger partial charge in [0.15, 0.2) is 5.78 Å². The van der Waals surface area contributed by atoms with Crippen LogP contribution in [0.25, 0.3) is 0 Å². The molecule has 6 N–H and O–H groups in total. The molecule has 4 atom stereocenters. The van der Waals surface area contributed by atoms with Crippen molar-refractivity contribution in [1.82, 2.24) is 0 Å². The van der Waals surface area contributed by atoms with E-state index in [9.17, 15) is 29.8 Å². The van der Waals surface area contributed by atoms with E-state index in [0.29, 0.717) is 6.42 Å². The van der Waals surface area contributed by atoms with Crippen LogP contribution in [0.15, 0.2) is 12.7 Å². The van der Waals surface area contributed by atoms with Gasteiger partial charge in [-0.3, -0.25) is 9.32 Å². The van der Waals surface area contributed by atoms with Crippen molar-refractivity contribution in [3.05, 3.63) is 12.7 Å². The van der Waals surface area contributed by atoms with Gasteiger partial charge in [-0.05, 0) is 19.3 Å². The van der Waals surface area contributed by atoms with Crippen LogP contribution in [0.3, 0.4) is 0 Å². The molecule has 0 aromatic heterocycles. The molecule has 0 fully saturated rings. The Morgan fingerprint density at radius 2 is 1.70 bits per heavy atom. The summed E-state index contributed by atoms with van der Waals surface area (Å²) in [5.74, 6) is -0.696. The van der Waals surface area contributed by atoms with Gasteiger partial charge in [0, 0.05) is 6.42 Å². The predicted molar refractivity (Wildman–Crippen MR) is 80.3 cm³/mol. The topological polar surface area (TPSA) is 165 Å². The van der Waals surface area contributed by atoms with Crippen LogP contribution in [0.5, 0.6) is 0 Å². The molecule has 0 rings (SSSR count). The fraction of sp³-hybridized carbons (Fsp3) is 0.769. The van der Waals surface area contributed by atoms with Crippen molar-refractivity contribution < 1.29 is 44.1 Å². The average molecular weight is 356 g/mol. The molecule has 0 aliphatic carbocycles. The van der Waals surface area contributed by atoms with Crippen molar-refractivity contribution in [2.75, 3.05) is 6.61 Å². The molecule has 23 heavy (non-hydrogen) atoms. The van der Waals surface area contributed by atoms with Gasteiger partial charge in [-0.1, -0.05) is 12.5 Å². The summed E-state index contributed by atoms with van der Waals surface area (Å²) in [4.78, 5) is 28.6. The Kier molecular flexibility index (Phi) is 10.7. The van der Waals surface area contributed by atoms with E-state index in [-0.39, 0.29) is 6.42 Å². The Labute approximate surface area is 134 Å². The minimum absolute atomic E-state index is 0.00281. The number of rotatable bonds is 13. The molecule has 9 nitrogen and oxygen atoms in total. The van der Waals surface area contributed by atoms with Crippen molar-refractivity contribution in [2.45, 2.75) is 56.5 Å². The number of carbonyl (C=O) groups excluding carboxylic acids is 1. The Morgan fingerprint density at radius 3 is 2.22 bits per heavy atom. The summed E-state index contributed by atoms with van der Waals surface area (Å²) in [5, 5.41) is 38.3. The highest BCUT2D eigenvalue weighted by Crippen LogP contribution is 2.35. The number of aliphatic hydroxyl groups excluding tert-OH is 4. The molecule has 0 radical (unpaired) electrons. The smallest absolute Gasteiger partial charge is 0.388 e. The molecule has 0 saturated heterocycles. The number of hydrogen-bond acceptors (Lipinski definition) is 7. The fourth-order valence-corrected chi connectivity index (χ4v) is 2.14. The normalized spacial score (nSPS) is 17.3. The molecule has 0 spiro atoms. The average Bonchev–Trinajstić information content (AvgIpc) is 2.49. The van der Waals surface area contributed by atoms with Crippen LogP contribution in [-0.2, 0) is 13.9 Å². The van der Waals surface area contributed by atoms with Gasteiger partial charge in [-0.15, -0.1) is 6.58 Å². The third kappa shape index (κ3) is 9.95. The largest absolute Gasteiger partial charge is 0.469 e. The van der Waals surface area contributed by atoms with Crippen molar-refractivity contribution in [3.63, 3.8) is 0 Å². The SMILES string of the molecule is C=CCCCCCC(=O)[C@H](O)[C@@H](O)[C@H](O)[C@H](O)COP(=O)(O)O. The molecule has 0 heterocycles. The summed E-state index contributed by atoms with van der Waals surface area (Å²) < 4.78 is 14.4. The summed E-state index contributed by atoms with van der Waals surface area (Å²) >= 11 is 0. The monoisotopic (exact) mass is 356 g/mol. The highest BCUT2D eigenvalue weighted by atomic mass is 31.2. The van der Waals surface area contributed by atoms with E-state index in [1.54, 1.807) is 6.08 Å². The Hall–Kier alpha value is -0.640. The van der Waals surface area contributed by atoms with Gasteiger partial charge in [-0.2, -0.15) is 0 Å². The van der Waals surface area contributed by atoms with E-state index < -0.39 is 44.6 Å². The molecule has 0 bridgehead atoms. The third-order valence-electron chi connectivity index (χ3n) is 3.14. The zero-order chi connectivity index (χ0) is 18.0. The standard InChI is InChI=1S/C13H25O9P/c1-2-3-4-5-6-7-9(14)11(16)13(18)12(17)10(15)8-22-23(19,20)21/h2,10-13,15-18H,1,3-8H2,(H2,19,20,21)/t10-,11+,12-,13-/m1/s1. The number of carbonyl (C=O) groups is 1. The van der Waals surface area contributed by atoms with Gasteiger partial charge in [0.1, 0.15) is 24.4 Å². The summed E-state index contributed by atoms with van der Waals surface area (Å²) in [6.45, 7) is 2.59. The number of aliphatic hydroxyl groups is 4. The van der Waals surface area contributed by atoms with Gasteiger partial charge in [0.25, 0.3) is 0 Å². The minimum atomic E-state index is -4.85. The predicted octanol–water partition coefficient (Wildman–Crippen LogP) is -0.755. The molecule has 136 valence electrons. The van der Waals surface area contributed by atoms with Crippen molar-refractivity contribution in [3.8, 4) is 0 Å². The zero-order valence-corrected chi connectivity index (χ0v) is 13.6. The lowest BCUT2D eigenvalue weighted by Crippen LogP contribution is -2.48. The summed E-state index contributed by atoms with van der Waals surface area (Å²) in [6, 6.07) is 0. The molecular weight excluding hydrogens is 331 g/mol. The Morgan fingerprint density at radius 1 is 1.09 bits per heavy atom. The maximum Gasteiger partial charge on any atom is 0.469 e. The van der Waals surface area contributed by atoms with Gasteiger partial charge < -0.3 is 30.2 Å². The molecule has 0 amide bonds. The maximum atomic E-state index is 11.7.